The molecule has 2 aromatic heterocycles. The van der Waals surface area contributed by atoms with Crippen molar-refractivity contribution in [3.8, 4) is 34.4 Å². The van der Waals surface area contributed by atoms with Gasteiger partial charge in [-0.1, -0.05) is 53.5 Å². The van der Waals surface area contributed by atoms with E-state index in [9.17, 15) is 9.90 Å². The Labute approximate surface area is 297 Å². The molecule has 7 rings (SSSR count). The van der Waals surface area contributed by atoms with Crippen molar-refractivity contribution in [2.45, 2.75) is 89.1 Å². The number of pyridine rings is 1. The number of benzene rings is 2. The van der Waals surface area contributed by atoms with Crippen LogP contribution in [0.1, 0.15) is 59.9 Å². The first-order valence-electron chi connectivity index (χ1n) is 17.5. The number of aromatic nitrogens is 3. The van der Waals surface area contributed by atoms with Gasteiger partial charge in [0.15, 0.2) is 12.6 Å². The highest BCUT2D eigenvalue weighted by Gasteiger charge is 2.51. The highest BCUT2D eigenvalue weighted by atomic mass is 28.3. The van der Waals surface area contributed by atoms with Crippen molar-refractivity contribution >= 4 is 41.7 Å². The number of hydrogen-bond donors (Lipinski definition) is 1. The van der Waals surface area contributed by atoms with E-state index in [2.05, 4.69) is 63.0 Å². The van der Waals surface area contributed by atoms with Crippen molar-refractivity contribution in [3.05, 3.63) is 47.8 Å². The molecule has 13 heteroatoms. The first-order chi connectivity index (χ1) is 24.4. The van der Waals surface area contributed by atoms with Crippen LogP contribution in [0.15, 0.2) is 30.6 Å². The van der Waals surface area contributed by atoms with E-state index in [1.54, 1.807) is 18.2 Å². The molecule has 2 saturated heterocycles. The molecule has 268 valence electrons. The number of hydrogen-bond acceptors (Lipinski definition) is 8. The lowest BCUT2D eigenvalue weighted by Crippen LogP contribution is -2.62. The van der Waals surface area contributed by atoms with E-state index >= 15 is 8.78 Å². The van der Waals surface area contributed by atoms with Crippen LogP contribution < -0.4 is 14.4 Å². The SMILES string of the molecule is COCOc1cc(-c2nc3c4c(ncnc4c2F)N2CC4CCC(C2CO3)N4C(=O)O)c2c(C#C[Si](C(C)C)(C(C)C)C(C)C)c(F)ccc2c1. The molecule has 2 bridgehead atoms. The van der Waals surface area contributed by atoms with Gasteiger partial charge >= 0.3 is 6.09 Å². The lowest BCUT2D eigenvalue weighted by atomic mass is 9.95. The van der Waals surface area contributed by atoms with Crippen LogP contribution in [-0.4, -0.2) is 84.3 Å². The third-order valence-corrected chi connectivity index (χ3v) is 17.6. The van der Waals surface area contributed by atoms with Crippen molar-refractivity contribution in [1.82, 2.24) is 19.9 Å². The summed E-state index contributed by atoms with van der Waals surface area (Å²) < 4.78 is 50.6. The van der Waals surface area contributed by atoms with Crippen LogP contribution in [0.3, 0.4) is 0 Å². The molecule has 10 nitrogen and oxygen atoms in total. The van der Waals surface area contributed by atoms with Gasteiger partial charge in [-0.25, -0.2) is 28.5 Å². The van der Waals surface area contributed by atoms with Gasteiger partial charge in [0.2, 0.25) is 5.88 Å². The minimum atomic E-state index is -2.29. The molecule has 5 heterocycles. The normalized spacial score (nSPS) is 19.7. The average Bonchev–Trinajstić information content (AvgIpc) is 3.33. The molecule has 0 saturated carbocycles. The van der Waals surface area contributed by atoms with Crippen LogP contribution in [0.5, 0.6) is 11.6 Å². The Hall–Kier alpha value is -4.54. The van der Waals surface area contributed by atoms with Gasteiger partial charge in [0.25, 0.3) is 0 Å². The quantitative estimate of drug-likeness (QED) is 0.117. The third kappa shape index (κ3) is 5.54. The number of halogens is 2. The first kappa shape index (κ1) is 34.9. The van der Waals surface area contributed by atoms with Gasteiger partial charge in [0.1, 0.15) is 55.0 Å². The number of carbonyl (C=O) groups is 1. The Bertz CT molecular complexity index is 2080. The fourth-order valence-corrected chi connectivity index (χ4v) is 14.2. The topological polar surface area (TPSA) is 110 Å². The fraction of sp³-hybridized carbons (Fsp3) is 0.474. The monoisotopic (exact) mass is 715 g/mol. The molecule has 3 unspecified atom stereocenters. The standard InChI is InChI=1S/C38H43F2N5O5Si/c1-20(2)51(21(3)4,22(5)6)13-12-26-28(39)10-8-23-14-25(50-19-48-7)15-27(31(23)26)34-33(40)35-32-36(42-18-41-35)44-16-24-9-11-29(45(24)38(46)47)30(44)17-49-37(32)43-34/h8,10,14-15,18,20-22,24,29-30H,9,11,16-17,19H2,1-7H3,(H,46,47). The maximum atomic E-state index is 17.1. The summed E-state index contributed by atoms with van der Waals surface area (Å²) in [5.41, 5.74) is 4.92. The van der Waals surface area contributed by atoms with Gasteiger partial charge in [-0.05, 0) is 53.1 Å². The summed E-state index contributed by atoms with van der Waals surface area (Å²) in [6.07, 6.45) is 1.75. The molecule has 1 amide bonds. The van der Waals surface area contributed by atoms with E-state index in [4.69, 9.17) is 19.2 Å². The van der Waals surface area contributed by atoms with Gasteiger partial charge in [0.05, 0.1) is 23.7 Å². The van der Waals surface area contributed by atoms with Gasteiger partial charge in [-0.2, -0.15) is 0 Å². The molecule has 0 spiro atoms. The number of carboxylic acid groups (broad SMARTS) is 1. The van der Waals surface area contributed by atoms with E-state index in [0.717, 1.165) is 6.42 Å². The number of piperazine rings is 1. The summed E-state index contributed by atoms with van der Waals surface area (Å²) >= 11 is 0. The van der Waals surface area contributed by atoms with E-state index in [-0.39, 0.29) is 59.7 Å². The lowest BCUT2D eigenvalue weighted by Gasteiger charge is -2.45. The molecule has 0 aliphatic carbocycles. The third-order valence-electron chi connectivity index (χ3n) is 11.3. The van der Waals surface area contributed by atoms with Crippen molar-refractivity contribution in [3.63, 3.8) is 0 Å². The lowest BCUT2D eigenvalue weighted by molar-refractivity contribution is 0.0512. The summed E-state index contributed by atoms with van der Waals surface area (Å²) in [6, 6.07) is 5.51. The Balaban J connectivity index is 1.46. The Morgan fingerprint density at radius 2 is 1.80 bits per heavy atom. The second-order valence-electron chi connectivity index (χ2n) is 14.7. The molecule has 0 radical (unpaired) electrons. The highest BCUT2D eigenvalue weighted by Crippen LogP contribution is 2.46. The Morgan fingerprint density at radius 3 is 2.49 bits per heavy atom. The molecular formula is C38H43F2N5O5Si. The van der Waals surface area contributed by atoms with Gasteiger partial charge in [-0.15, -0.1) is 5.54 Å². The zero-order valence-electron chi connectivity index (χ0n) is 30.0. The Kier molecular flexibility index (Phi) is 9.04. The predicted octanol–water partition coefficient (Wildman–Crippen LogP) is 7.77. The van der Waals surface area contributed by atoms with E-state index in [1.165, 1.54) is 24.4 Å². The van der Waals surface area contributed by atoms with E-state index < -0.39 is 25.8 Å². The van der Waals surface area contributed by atoms with Gasteiger partial charge in [-0.3, -0.25) is 4.90 Å². The number of fused-ring (bicyclic) bond motifs is 6. The minimum Gasteiger partial charge on any atom is -0.475 e. The molecule has 3 aliphatic rings. The maximum absolute atomic E-state index is 17.1. The fourth-order valence-electron chi connectivity index (χ4n) is 9.04. The second-order valence-corrected chi connectivity index (χ2v) is 20.3. The molecule has 1 N–H and O–H groups in total. The number of methoxy groups -OCH3 is 1. The molecule has 3 atom stereocenters. The summed E-state index contributed by atoms with van der Waals surface area (Å²) in [5.74, 6) is 3.00. The molecule has 3 aliphatic heterocycles. The molecule has 2 aromatic carbocycles. The Morgan fingerprint density at radius 1 is 1.06 bits per heavy atom. The molecule has 51 heavy (non-hydrogen) atoms. The van der Waals surface area contributed by atoms with Crippen LogP contribution in [0.4, 0.5) is 19.4 Å². The summed E-state index contributed by atoms with van der Waals surface area (Å²) in [5, 5.41) is 11.3. The summed E-state index contributed by atoms with van der Waals surface area (Å²) in [6.45, 7) is 13.6. The zero-order valence-corrected chi connectivity index (χ0v) is 31.0. The van der Waals surface area contributed by atoms with E-state index in [1.807, 2.05) is 4.90 Å². The minimum absolute atomic E-state index is 0.0000843. The first-order valence-corrected chi connectivity index (χ1v) is 19.8. The molecule has 2 fully saturated rings. The highest BCUT2D eigenvalue weighted by molar-refractivity contribution is 6.90. The van der Waals surface area contributed by atoms with Crippen LogP contribution in [0.25, 0.3) is 32.9 Å². The average molecular weight is 716 g/mol. The van der Waals surface area contributed by atoms with Crippen molar-refractivity contribution in [2.75, 3.05) is 32.0 Å². The summed E-state index contributed by atoms with van der Waals surface area (Å²) in [4.78, 5) is 29.5. The predicted molar refractivity (Wildman–Crippen MR) is 194 cm³/mol. The maximum Gasteiger partial charge on any atom is 0.407 e. The second kappa shape index (κ2) is 13.2. The number of ether oxygens (including phenoxy) is 3. The van der Waals surface area contributed by atoms with Crippen LogP contribution in [-0.2, 0) is 4.74 Å². The number of nitrogens with zero attached hydrogens (tertiary/aromatic N) is 5. The molecular weight excluding hydrogens is 673 g/mol. The van der Waals surface area contributed by atoms with Crippen LogP contribution >= 0.6 is 0 Å². The number of anilines is 1. The number of rotatable bonds is 7. The van der Waals surface area contributed by atoms with Crippen molar-refractivity contribution in [1.29, 1.82) is 0 Å². The van der Waals surface area contributed by atoms with Crippen molar-refractivity contribution in [2.24, 2.45) is 0 Å². The smallest absolute Gasteiger partial charge is 0.407 e. The molecule has 4 aromatic rings. The zero-order chi connectivity index (χ0) is 36.4. The van der Waals surface area contributed by atoms with E-state index in [0.29, 0.717) is 57.3 Å². The van der Waals surface area contributed by atoms with Crippen LogP contribution in [0, 0.1) is 23.1 Å². The van der Waals surface area contributed by atoms with Crippen LogP contribution in [0.2, 0.25) is 16.6 Å². The van der Waals surface area contributed by atoms with Gasteiger partial charge < -0.3 is 24.2 Å². The summed E-state index contributed by atoms with van der Waals surface area (Å²) in [7, 11) is -0.784. The number of amides is 1. The van der Waals surface area contributed by atoms with Gasteiger partial charge in [0, 0.05) is 24.6 Å². The largest absolute Gasteiger partial charge is 0.475 e. The van der Waals surface area contributed by atoms with Crippen molar-refractivity contribution < 1.29 is 32.9 Å².